The average molecular weight is 553 g/mol. The van der Waals surface area contributed by atoms with Gasteiger partial charge in [0.1, 0.15) is 12.7 Å². The van der Waals surface area contributed by atoms with Gasteiger partial charge in [0.05, 0.1) is 34.4 Å². The van der Waals surface area contributed by atoms with Gasteiger partial charge in [0.15, 0.2) is 6.04 Å². The number of aliphatic hydroxyl groups is 1. The van der Waals surface area contributed by atoms with E-state index in [0.29, 0.717) is 17.3 Å². The maximum absolute atomic E-state index is 11.9. The van der Waals surface area contributed by atoms with E-state index in [1.54, 1.807) is 0 Å². The van der Waals surface area contributed by atoms with Gasteiger partial charge in [-0.15, -0.1) is 0 Å². The SMILES string of the molecule is CC/C=C/C/C=C/C/C=C/CCCCCCCCCCCC(=O)OCC(O)COCCC(C(=O)O)[N+](C)(C)C. The number of ether oxygens (including phenoxy) is 2. The summed E-state index contributed by atoms with van der Waals surface area (Å²) in [4.78, 5) is 23.2. The molecule has 0 fully saturated rings. The number of carbonyl (C=O) groups excluding carboxylic acids is 1. The lowest BCUT2D eigenvalue weighted by Crippen LogP contribution is -2.50. The van der Waals surface area contributed by atoms with Crippen molar-refractivity contribution >= 4 is 11.9 Å². The van der Waals surface area contributed by atoms with E-state index < -0.39 is 18.1 Å². The standard InChI is InChI=1S/C32H57NO6/c1-5-6-7-8-9-10-11-12-13-14-15-16-17-18-19-20-21-22-23-24-31(35)39-28-29(34)27-38-26-25-30(32(36)37)33(2,3)4/h6-7,9-10,12-13,29-30,34H,5,8,11,14-28H2,1-4H3/p+1/b7-6+,10-9+,13-12+. The van der Waals surface area contributed by atoms with Crippen molar-refractivity contribution in [3.63, 3.8) is 0 Å². The Bertz CT molecular complexity index is 695. The predicted molar refractivity (Wildman–Crippen MR) is 160 cm³/mol. The van der Waals surface area contributed by atoms with Crippen molar-refractivity contribution in [2.45, 2.75) is 115 Å². The van der Waals surface area contributed by atoms with Crippen LogP contribution in [-0.2, 0) is 19.1 Å². The van der Waals surface area contributed by atoms with Gasteiger partial charge in [-0.05, 0) is 38.5 Å². The van der Waals surface area contributed by atoms with E-state index in [2.05, 4.69) is 43.4 Å². The van der Waals surface area contributed by atoms with Crippen LogP contribution < -0.4 is 0 Å². The number of rotatable bonds is 26. The highest BCUT2D eigenvalue weighted by molar-refractivity contribution is 5.72. The van der Waals surface area contributed by atoms with E-state index in [1.807, 2.05) is 21.1 Å². The Morgan fingerprint density at radius 1 is 0.769 bits per heavy atom. The second kappa shape index (κ2) is 25.0. The average Bonchev–Trinajstić information content (AvgIpc) is 2.87. The molecule has 0 radical (unpaired) electrons. The summed E-state index contributed by atoms with van der Waals surface area (Å²) in [6.07, 6.45) is 28.2. The molecule has 0 aromatic rings. The number of carboxylic acid groups (broad SMARTS) is 1. The summed E-state index contributed by atoms with van der Waals surface area (Å²) in [7, 11) is 5.47. The van der Waals surface area contributed by atoms with E-state index in [-0.39, 0.29) is 25.8 Å². The molecule has 7 heteroatoms. The van der Waals surface area contributed by atoms with Crippen molar-refractivity contribution in [2.24, 2.45) is 0 Å². The number of carboxylic acids is 1. The van der Waals surface area contributed by atoms with Crippen molar-refractivity contribution in [3.05, 3.63) is 36.5 Å². The van der Waals surface area contributed by atoms with E-state index in [1.165, 1.54) is 44.9 Å². The van der Waals surface area contributed by atoms with Gasteiger partial charge in [-0.25, -0.2) is 4.79 Å². The molecule has 0 aliphatic heterocycles. The van der Waals surface area contributed by atoms with Crippen LogP contribution >= 0.6 is 0 Å². The minimum absolute atomic E-state index is 0.0164. The third-order valence-electron chi connectivity index (χ3n) is 6.53. The number of carbonyl (C=O) groups is 2. The smallest absolute Gasteiger partial charge is 0.362 e. The summed E-state index contributed by atoms with van der Waals surface area (Å²) in [5.74, 6) is -1.16. The van der Waals surface area contributed by atoms with Gasteiger partial charge in [-0.1, -0.05) is 88.3 Å². The minimum atomic E-state index is -0.905. The molecule has 0 aliphatic carbocycles. The van der Waals surface area contributed by atoms with Gasteiger partial charge < -0.3 is 24.2 Å². The van der Waals surface area contributed by atoms with Gasteiger partial charge in [-0.3, -0.25) is 4.79 Å². The summed E-state index contributed by atoms with van der Waals surface area (Å²) >= 11 is 0. The van der Waals surface area contributed by atoms with Crippen LogP contribution in [0.25, 0.3) is 0 Å². The van der Waals surface area contributed by atoms with Crippen LogP contribution in [0.1, 0.15) is 103 Å². The van der Waals surface area contributed by atoms with Crippen molar-refractivity contribution < 1.29 is 33.8 Å². The van der Waals surface area contributed by atoms with Gasteiger partial charge in [0.25, 0.3) is 0 Å². The van der Waals surface area contributed by atoms with Gasteiger partial charge >= 0.3 is 11.9 Å². The Balaban J connectivity index is 3.53. The van der Waals surface area contributed by atoms with Crippen LogP contribution in [-0.4, -0.2) is 79.7 Å². The third-order valence-corrected chi connectivity index (χ3v) is 6.53. The van der Waals surface area contributed by atoms with Crippen LogP contribution in [0, 0.1) is 0 Å². The van der Waals surface area contributed by atoms with Crippen molar-refractivity contribution in [2.75, 3.05) is 41.0 Å². The Morgan fingerprint density at radius 2 is 1.31 bits per heavy atom. The fourth-order valence-electron chi connectivity index (χ4n) is 4.16. The number of esters is 1. The van der Waals surface area contributed by atoms with Crippen molar-refractivity contribution in [3.8, 4) is 0 Å². The molecule has 226 valence electrons. The highest BCUT2D eigenvalue weighted by Crippen LogP contribution is 2.12. The molecule has 2 N–H and O–H groups in total. The molecule has 0 heterocycles. The molecule has 0 rings (SSSR count). The fourth-order valence-corrected chi connectivity index (χ4v) is 4.16. The molecule has 0 amide bonds. The minimum Gasteiger partial charge on any atom is -0.477 e. The molecule has 0 aromatic heterocycles. The highest BCUT2D eigenvalue weighted by atomic mass is 16.5. The number of nitrogens with zero attached hydrogens (tertiary/aromatic N) is 1. The van der Waals surface area contributed by atoms with E-state index in [0.717, 1.165) is 38.5 Å². The molecule has 0 saturated carbocycles. The Hall–Kier alpha value is -1.96. The Morgan fingerprint density at radius 3 is 1.87 bits per heavy atom. The zero-order valence-electron chi connectivity index (χ0n) is 25.3. The largest absolute Gasteiger partial charge is 0.477 e. The zero-order chi connectivity index (χ0) is 29.2. The number of allylic oxidation sites excluding steroid dienone is 6. The molecule has 2 atom stereocenters. The number of unbranched alkanes of at least 4 members (excludes halogenated alkanes) is 9. The number of likely N-dealkylation sites (N-methyl/N-ethyl adjacent to an activating group) is 1. The molecule has 0 aliphatic rings. The summed E-state index contributed by atoms with van der Waals surface area (Å²) in [5.41, 5.74) is 0. The quantitative estimate of drug-likeness (QED) is 0.0543. The maximum atomic E-state index is 11.9. The van der Waals surface area contributed by atoms with Gasteiger partial charge in [0.2, 0.25) is 0 Å². The summed E-state index contributed by atoms with van der Waals surface area (Å²) in [6, 6.07) is -0.575. The van der Waals surface area contributed by atoms with Crippen LogP contribution in [0.3, 0.4) is 0 Å². The first-order chi connectivity index (χ1) is 18.7. The summed E-state index contributed by atoms with van der Waals surface area (Å²) < 4.78 is 10.8. The first kappa shape index (κ1) is 37.0. The van der Waals surface area contributed by atoms with E-state index >= 15 is 0 Å². The third kappa shape index (κ3) is 24.8. The summed E-state index contributed by atoms with van der Waals surface area (Å²) in [6.45, 7) is 2.30. The normalized spacial score (nSPS) is 14.0. The molecule has 0 aromatic carbocycles. The van der Waals surface area contributed by atoms with Crippen LogP contribution in [0.15, 0.2) is 36.5 Å². The van der Waals surface area contributed by atoms with E-state index in [9.17, 15) is 19.8 Å². The molecular formula is C32H58NO6+. The predicted octanol–water partition coefficient (Wildman–Crippen LogP) is 6.61. The Labute approximate surface area is 238 Å². The number of hydrogen-bond acceptors (Lipinski definition) is 5. The zero-order valence-corrected chi connectivity index (χ0v) is 25.3. The van der Waals surface area contributed by atoms with Crippen LogP contribution in [0.5, 0.6) is 0 Å². The first-order valence-electron chi connectivity index (χ1n) is 15.1. The molecule has 0 saturated heterocycles. The lowest BCUT2D eigenvalue weighted by atomic mass is 10.1. The monoisotopic (exact) mass is 552 g/mol. The van der Waals surface area contributed by atoms with Crippen molar-refractivity contribution in [1.29, 1.82) is 0 Å². The van der Waals surface area contributed by atoms with Crippen LogP contribution in [0.2, 0.25) is 0 Å². The molecule has 0 spiro atoms. The molecular weight excluding hydrogens is 494 g/mol. The molecule has 0 bridgehead atoms. The fraction of sp³-hybridized carbons (Fsp3) is 0.750. The lowest BCUT2D eigenvalue weighted by molar-refractivity contribution is -0.887. The molecule has 2 unspecified atom stereocenters. The number of hydrogen-bond donors (Lipinski definition) is 2. The topological polar surface area (TPSA) is 93.1 Å². The van der Waals surface area contributed by atoms with Crippen molar-refractivity contribution in [1.82, 2.24) is 0 Å². The lowest BCUT2D eigenvalue weighted by Gasteiger charge is -2.31. The maximum Gasteiger partial charge on any atom is 0.362 e. The van der Waals surface area contributed by atoms with Gasteiger partial charge in [-0.2, -0.15) is 0 Å². The van der Waals surface area contributed by atoms with Gasteiger partial charge in [0, 0.05) is 12.8 Å². The number of aliphatic hydroxyl groups excluding tert-OH is 1. The second-order valence-corrected chi connectivity index (χ2v) is 11.2. The number of aliphatic carboxylic acids is 1. The highest BCUT2D eigenvalue weighted by Gasteiger charge is 2.30. The molecule has 7 nitrogen and oxygen atoms in total. The first-order valence-corrected chi connectivity index (χ1v) is 15.1. The van der Waals surface area contributed by atoms with Crippen LogP contribution in [0.4, 0.5) is 0 Å². The number of quaternary nitrogens is 1. The second-order valence-electron chi connectivity index (χ2n) is 11.2. The van der Waals surface area contributed by atoms with E-state index in [4.69, 9.17) is 9.47 Å². The molecule has 39 heavy (non-hydrogen) atoms. The Kier molecular flexibility index (Phi) is 23.8. The summed E-state index contributed by atoms with van der Waals surface area (Å²) in [5, 5.41) is 19.2.